The van der Waals surface area contributed by atoms with Gasteiger partial charge in [-0.05, 0) is 31.4 Å². The lowest BCUT2D eigenvalue weighted by Gasteiger charge is -2.20. The van der Waals surface area contributed by atoms with Gasteiger partial charge in [-0.15, -0.1) is 23.7 Å². The average molecular weight is 352 g/mol. The highest BCUT2D eigenvalue weighted by molar-refractivity contribution is 7.09. The van der Waals surface area contributed by atoms with Crippen molar-refractivity contribution in [3.8, 4) is 0 Å². The van der Waals surface area contributed by atoms with Crippen LogP contribution in [0.1, 0.15) is 45.9 Å². The highest BCUT2D eigenvalue weighted by Gasteiger charge is 2.34. The number of carbonyl (C=O) groups is 1. The number of benzene rings is 1. The number of hydrogen-bond acceptors (Lipinski definition) is 4. The van der Waals surface area contributed by atoms with Gasteiger partial charge in [0.2, 0.25) is 0 Å². The van der Waals surface area contributed by atoms with Crippen molar-refractivity contribution in [1.82, 2.24) is 9.88 Å². The van der Waals surface area contributed by atoms with Crippen molar-refractivity contribution in [2.45, 2.75) is 38.8 Å². The molecule has 2 N–H and O–H groups in total. The zero-order valence-electron chi connectivity index (χ0n) is 13.4. The van der Waals surface area contributed by atoms with Crippen molar-refractivity contribution >= 4 is 29.7 Å². The summed E-state index contributed by atoms with van der Waals surface area (Å²) in [4.78, 5) is 19.0. The fourth-order valence-corrected chi connectivity index (χ4v) is 3.88. The van der Waals surface area contributed by atoms with Gasteiger partial charge in [-0.25, -0.2) is 4.98 Å². The van der Waals surface area contributed by atoms with Gasteiger partial charge in [-0.3, -0.25) is 4.79 Å². The molecule has 6 heteroatoms. The van der Waals surface area contributed by atoms with Crippen LogP contribution in [0.5, 0.6) is 0 Å². The van der Waals surface area contributed by atoms with Gasteiger partial charge in [0.15, 0.2) is 0 Å². The third kappa shape index (κ3) is 3.57. The number of amides is 1. The SMILES string of the molecule is Cc1ccccc1C1CC(C)N(C(=O)c2csc(CN)n2)C1.Cl. The Morgan fingerprint density at radius 3 is 2.83 bits per heavy atom. The minimum atomic E-state index is 0. The lowest BCUT2D eigenvalue weighted by Crippen LogP contribution is -2.34. The third-order valence-electron chi connectivity index (χ3n) is 4.41. The number of carbonyl (C=O) groups excluding carboxylic acids is 1. The minimum absolute atomic E-state index is 0. The highest BCUT2D eigenvalue weighted by Crippen LogP contribution is 2.34. The number of thiazole rings is 1. The van der Waals surface area contributed by atoms with Gasteiger partial charge < -0.3 is 10.6 Å². The predicted octanol–water partition coefficient (Wildman–Crippen LogP) is 3.35. The molecule has 1 aromatic carbocycles. The number of nitrogens with two attached hydrogens (primary N) is 1. The molecular formula is C17H22ClN3OS. The Balaban J connectivity index is 0.00000192. The zero-order chi connectivity index (χ0) is 15.7. The van der Waals surface area contributed by atoms with Crippen LogP contribution in [0.25, 0.3) is 0 Å². The molecule has 2 aromatic rings. The third-order valence-corrected chi connectivity index (χ3v) is 5.28. The molecule has 124 valence electrons. The van der Waals surface area contributed by atoms with Crippen molar-refractivity contribution < 1.29 is 4.79 Å². The summed E-state index contributed by atoms with van der Waals surface area (Å²) >= 11 is 1.45. The quantitative estimate of drug-likeness (QED) is 0.922. The number of rotatable bonds is 3. The number of aromatic nitrogens is 1. The van der Waals surface area contributed by atoms with E-state index in [1.54, 1.807) is 0 Å². The monoisotopic (exact) mass is 351 g/mol. The first-order valence-electron chi connectivity index (χ1n) is 7.61. The molecule has 2 heterocycles. The van der Waals surface area contributed by atoms with Crippen LogP contribution in [0.3, 0.4) is 0 Å². The van der Waals surface area contributed by atoms with Gasteiger partial charge in [0.25, 0.3) is 5.91 Å². The maximum Gasteiger partial charge on any atom is 0.273 e. The molecule has 0 radical (unpaired) electrons. The smallest absolute Gasteiger partial charge is 0.273 e. The molecule has 3 rings (SSSR count). The molecule has 2 unspecified atom stereocenters. The summed E-state index contributed by atoms with van der Waals surface area (Å²) in [7, 11) is 0. The standard InChI is InChI=1S/C17H21N3OS.ClH/c1-11-5-3-4-6-14(11)13-7-12(2)20(9-13)17(21)15-10-22-16(8-18)19-15;/h3-6,10,12-13H,7-9,18H2,1-2H3;1H. The van der Waals surface area contributed by atoms with E-state index in [4.69, 9.17) is 5.73 Å². The van der Waals surface area contributed by atoms with E-state index in [-0.39, 0.29) is 24.4 Å². The Morgan fingerprint density at radius 1 is 1.43 bits per heavy atom. The molecule has 0 aliphatic carbocycles. The highest BCUT2D eigenvalue weighted by atomic mass is 35.5. The average Bonchev–Trinajstić information content (AvgIpc) is 3.13. The van der Waals surface area contributed by atoms with Gasteiger partial charge in [0, 0.05) is 30.4 Å². The Morgan fingerprint density at radius 2 is 2.17 bits per heavy atom. The van der Waals surface area contributed by atoms with E-state index < -0.39 is 0 Å². The van der Waals surface area contributed by atoms with Crippen LogP contribution in [0.2, 0.25) is 0 Å². The first kappa shape index (κ1) is 17.9. The first-order valence-corrected chi connectivity index (χ1v) is 8.49. The predicted molar refractivity (Wildman–Crippen MR) is 96.3 cm³/mol. The Kier molecular flexibility index (Phi) is 5.79. The van der Waals surface area contributed by atoms with Gasteiger partial charge in [0.05, 0.1) is 0 Å². The molecule has 0 spiro atoms. The summed E-state index contributed by atoms with van der Waals surface area (Å²) in [5.74, 6) is 0.437. The molecule has 1 aromatic heterocycles. The number of halogens is 1. The summed E-state index contributed by atoms with van der Waals surface area (Å²) < 4.78 is 0. The van der Waals surface area contributed by atoms with Crippen molar-refractivity contribution in [3.05, 3.63) is 51.5 Å². The van der Waals surface area contributed by atoms with Crippen molar-refractivity contribution in [1.29, 1.82) is 0 Å². The normalized spacial score (nSPS) is 20.4. The summed E-state index contributed by atoms with van der Waals surface area (Å²) in [6.45, 7) is 5.41. The first-order chi connectivity index (χ1) is 10.6. The second-order valence-electron chi connectivity index (χ2n) is 5.93. The van der Waals surface area contributed by atoms with Crippen LogP contribution in [0.4, 0.5) is 0 Å². The fraction of sp³-hybridized carbons (Fsp3) is 0.412. The Labute approximate surface area is 147 Å². The molecule has 23 heavy (non-hydrogen) atoms. The summed E-state index contributed by atoms with van der Waals surface area (Å²) in [6, 6.07) is 8.68. The summed E-state index contributed by atoms with van der Waals surface area (Å²) in [6.07, 6.45) is 1.00. The minimum Gasteiger partial charge on any atom is -0.334 e. The molecule has 1 aliphatic heterocycles. The number of aryl methyl sites for hydroxylation is 1. The molecule has 1 fully saturated rings. The number of nitrogens with zero attached hydrogens (tertiary/aromatic N) is 2. The van der Waals surface area contributed by atoms with Gasteiger partial charge in [0.1, 0.15) is 10.7 Å². The molecule has 1 amide bonds. The molecule has 0 saturated carbocycles. The van der Waals surface area contributed by atoms with E-state index in [0.717, 1.165) is 18.0 Å². The van der Waals surface area contributed by atoms with E-state index in [2.05, 4.69) is 43.1 Å². The summed E-state index contributed by atoms with van der Waals surface area (Å²) in [5.41, 5.74) is 8.76. The number of likely N-dealkylation sites (tertiary alicyclic amines) is 1. The topological polar surface area (TPSA) is 59.2 Å². The van der Waals surface area contributed by atoms with Crippen LogP contribution < -0.4 is 5.73 Å². The van der Waals surface area contributed by atoms with E-state index in [0.29, 0.717) is 18.2 Å². The van der Waals surface area contributed by atoms with Crippen molar-refractivity contribution in [3.63, 3.8) is 0 Å². The molecular weight excluding hydrogens is 330 g/mol. The van der Waals surface area contributed by atoms with Crippen LogP contribution >= 0.6 is 23.7 Å². The van der Waals surface area contributed by atoms with Gasteiger partial charge >= 0.3 is 0 Å². The van der Waals surface area contributed by atoms with E-state index in [1.165, 1.54) is 22.5 Å². The van der Waals surface area contributed by atoms with Crippen LogP contribution in [0, 0.1) is 6.92 Å². The second kappa shape index (κ2) is 7.43. The zero-order valence-corrected chi connectivity index (χ0v) is 15.0. The fourth-order valence-electron chi connectivity index (χ4n) is 3.23. The van der Waals surface area contributed by atoms with Crippen LogP contribution in [-0.2, 0) is 6.54 Å². The lowest BCUT2D eigenvalue weighted by molar-refractivity contribution is 0.0740. The van der Waals surface area contributed by atoms with Crippen LogP contribution in [-0.4, -0.2) is 28.4 Å². The molecule has 1 aliphatic rings. The Bertz CT molecular complexity index is 688. The van der Waals surface area contributed by atoms with Crippen molar-refractivity contribution in [2.24, 2.45) is 5.73 Å². The molecule has 2 atom stereocenters. The molecule has 4 nitrogen and oxygen atoms in total. The van der Waals surface area contributed by atoms with E-state index >= 15 is 0 Å². The van der Waals surface area contributed by atoms with E-state index in [9.17, 15) is 4.79 Å². The second-order valence-corrected chi connectivity index (χ2v) is 6.87. The van der Waals surface area contributed by atoms with Gasteiger partial charge in [-0.1, -0.05) is 24.3 Å². The van der Waals surface area contributed by atoms with Crippen molar-refractivity contribution in [2.75, 3.05) is 6.54 Å². The number of hydrogen-bond donors (Lipinski definition) is 1. The largest absolute Gasteiger partial charge is 0.334 e. The Hall–Kier alpha value is -1.43. The van der Waals surface area contributed by atoms with Gasteiger partial charge in [-0.2, -0.15) is 0 Å². The molecule has 0 bridgehead atoms. The lowest BCUT2D eigenvalue weighted by atomic mass is 9.93. The van der Waals surface area contributed by atoms with E-state index in [1.807, 2.05) is 10.3 Å². The van der Waals surface area contributed by atoms with Crippen LogP contribution in [0.15, 0.2) is 29.6 Å². The summed E-state index contributed by atoms with van der Waals surface area (Å²) in [5, 5.41) is 2.63. The molecule has 1 saturated heterocycles. The maximum absolute atomic E-state index is 12.7. The maximum atomic E-state index is 12.7.